The molecule has 0 bridgehead atoms. The van der Waals surface area contributed by atoms with Gasteiger partial charge in [-0.05, 0) is 25.1 Å². The Morgan fingerprint density at radius 1 is 1.33 bits per heavy atom. The van der Waals surface area contributed by atoms with Crippen LogP contribution in [-0.2, 0) is 4.79 Å². The van der Waals surface area contributed by atoms with Crippen LogP contribution in [0.2, 0.25) is 0 Å². The van der Waals surface area contributed by atoms with Gasteiger partial charge in [0, 0.05) is 18.0 Å². The van der Waals surface area contributed by atoms with Crippen LogP contribution in [0, 0.1) is 6.92 Å². The largest absolute Gasteiger partial charge is 0.481 e. The summed E-state index contributed by atoms with van der Waals surface area (Å²) >= 11 is 1.19. The minimum atomic E-state index is -0.860. The first-order chi connectivity index (χ1) is 8.65. The second kappa shape index (κ2) is 5.59. The molecule has 0 aliphatic rings. The van der Waals surface area contributed by atoms with Crippen molar-refractivity contribution in [1.29, 1.82) is 0 Å². The zero-order valence-electron chi connectivity index (χ0n) is 9.70. The molecule has 0 radical (unpaired) electrons. The van der Waals surface area contributed by atoms with Crippen molar-refractivity contribution in [3.8, 4) is 11.3 Å². The van der Waals surface area contributed by atoms with Gasteiger partial charge in [-0.15, -0.1) is 0 Å². The van der Waals surface area contributed by atoms with Crippen molar-refractivity contribution < 1.29 is 9.90 Å². The predicted octanol–water partition coefficient (Wildman–Crippen LogP) is 2.02. The molecule has 0 saturated heterocycles. The summed E-state index contributed by atoms with van der Waals surface area (Å²) in [6.07, 6.45) is 3.38. The summed E-state index contributed by atoms with van der Waals surface area (Å²) in [5.74, 6) is -0.245. The summed E-state index contributed by atoms with van der Waals surface area (Å²) < 4.78 is 0. The van der Waals surface area contributed by atoms with Gasteiger partial charge < -0.3 is 5.11 Å². The number of carbonyl (C=O) groups is 1. The third-order valence-corrected chi connectivity index (χ3v) is 3.03. The monoisotopic (exact) mass is 261 g/mol. The Balaban J connectivity index is 2.29. The molecule has 2 aromatic heterocycles. The molecule has 0 atom stereocenters. The Labute approximate surface area is 108 Å². The van der Waals surface area contributed by atoms with Crippen LogP contribution in [0.1, 0.15) is 5.82 Å². The molecule has 18 heavy (non-hydrogen) atoms. The van der Waals surface area contributed by atoms with Gasteiger partial charge in [-0.1, -0.05) is 11.8 Å². The molecule has 5 nitrogen and oxygen atoms in total. The third-order valence-electron chi connectivity index (χ3n) is 2.13. The molecule has 1 N–H and O–H groups in total. The number of aromatic nitrogens is 3. The van der Waals surface area contributed by atoms with Gasteiger partial charge in [0.1, 0.15) is 10.9 Å². The molecule has 0 aromatic carbocycles. The van der Waals surface area contributed by atoms with Crippen LogP contribution in [0.15, 0.2) is 35.6 Å². The second-order valence-corrected chi connectivity index (χ2v) is 4.55. The molecule has 0 unspecified atom stereocenters. The molecular formula is C12H11N3O2S. The molecule has 2 heterocycles. The number of carboxylic acid groups (broad SMARTS) is 1. The van der Waals surface area contributed by atoms with Crippen LogP contribution in [-0.4, -0.2) is 31.8 Å². The van der Waals surface area contributed by atoms with Gasteiger partial charge >= 0.3 is 5.97 Å². The number of nitrogens with zero attached hydrogens (tertiary/aromatic N) is 3. The molecule has 0 saturated carbocycles. The number of rotatable bonds is 4. The van der Waals surface area contributed by atoms with E-state index in [4.69, 9.17) is 5.11 Å². The van der Waals surface area contributed by atoms with E-state index in [-0.39, 0.29) is 5.75 Å². The number of hydrogen-bond donors (Lipinski definition) is 1. The zero-order chi connectivity index (χ0) is 13.0. The highest BCUT2D eigenvalue weighted by Crippen LogP contribution is 2.22. The number of pyridine rings is 1. The Hall–Kier alpha value is -1.95. The van der Waals surface area contributed by atoms with Crippen LogP contribution in [0.3, 0.4) is 0 Å². The van der Waals surface area contributed by atoms with E-state index in [1.54, 1.807) is 25.4 Å². The predicted molar refractivity (Wildman–Crippen MR) is 68.4 cm³/mol. The van der Waals surface area contributed by atoms with Crippen molar-refractivity contribution in [2.24, 2.45) is 0 Å². The van der Waals surface area contributed by atoms with E-state index < -0.39 is 5.97 Å². The lowest BCUT2D eigenvalue weighted by atomic mass is 10.2. The fourth-order valence-electron chi connectivity index (χ4n) is 1.42. The molecule has 2 rings (SSSR count). The van der Waals surface area contributed by atoms with E-state index in [2.05, 4.69) is 15.0 Å². The average molecular weight is 261 g/mol. The van der Waals surface area contributed by atoms with Crippen LogP contribution in [0.4, 0.5) is 0 Å². The van der Waals surface area contributed by atoms with E-state index >= 15 is 0 Å². The summed E-state index contributed by atoms with van der Waals surface area (Å²) in [4.78, 5) is 23.0. The summed E-state index contributed by atoms with van der Waals surface area (Å²) in [5.41, 5.74) is 1.71. The quantitative estimate of drug-likeness (QED) is 0.670. The van der Waals surface area contributed by atoms with Gasteiger partial charge in [0.05, 0.1) is 11.4 Å². The summed E-state index contributed by atoms with van der Waals surface area (Å²) in [6, 6.07) is 5.50. The molecule has 0 amide bonds. The zero-order valence-corrected chi connectivity index (χ0v) is 10.5. The first-order valence-electron chi connectivity index (χ1n) is 5.26. The van der Waals surface area contributed by atoms with Crippen molar-refractivity contribution in [2.45, 2.75) is 11.9 Å². The van der Waals surface area contributed by atoms with Crippen LogP contribution in [0.5, 0.6) is 0 Å². The normalized spacial score (nSPS) is 10.3. The summed E-state index contributed by atoms with van der Waals surface area (Å²) in [5, 5.41) is 9.32. The summed E-state index contributed by atoms with van der Waals surface area (Å²) in [6.45, 7) is 1.79. The lowest BCUT2D eigenvalue weighted by Crippen LogP contribution is -2.00. The number of carboxylic acids is 1. The third kappa shape index (κ3) is 3.27. The smallest absolute Gasteiger partial charge is 0.313 e. The van der Waals surface area contributed by atoms with Crippen LogP contribution >= 0.6 is 11.8 Å². The van der Waals surface area contributed by atoms with E-state index in [0.717, 1.165) is 11.3 Å². The Bertz CT molecular complexity index is 561. The highest BCUT2D eigenvalue weighted by atomic mass is 32.2. The fourth-order valence-corrected chi connectivity index (χ4v) is 2.08. The molecule has 0 fully saturated rings. The highest BCUT2D eigenvalue weighted by Gasteiger charge is 2.06. The van der Waals surface area contributed by atoms with E-state index in [1.165, 1.54) is 11.8 Å². The maximum Gasteiger partial charge on any atom is 0.313 e. The maximum atomic E-state index is 10.5. The van der Waals surface area contributed by atoms with Crippen molar-refractivity contribution in [1.82, 2.24) is 15.0 Å². The SMILES string of the molecule is Cc1nc(SCC(=O)O)cc(-c2ccncc2)n1. The van der Waals surface area contributed by atoms with Crippen molar-refractivity contribution in [3.63, 3.8) is 0 Å². The van der Waals surface area contributed by atoms with Gasteiger partial charge in [-0.25, -0.2) is 9.97 Å². The standard InChI is InChI=1S/C12H11N3O2S/c1-8-14-10(9-2-4-13-5-3-9)6-11(15-8)18-7-12(16)17/h2-6H,7H2,1H3,(H,16,17). The number of thioether (sulfide) groups is 1. The molecule has 2 aromatic rings. The van der Waals surface area contributed by atoms with Gasteiger partial charge in [-0.3, -0.25) is 9.78 Å². The van der Waals surface area contributed by atoms with Gasteiger partial charge in [0.2, 0.25) is 0 Å². The van der Waals surface area contributed by atoms with Gasteiger partial charge in [-0.2, -0.15) is 0 Å². The molecule has 92 valence electrons. The molecule has 0 spiro atoms. The Morgan fingerprint density at radius 2 is 2.06 bits per heavy atom. The van der Waals surface area contributed by atoms with Crippen LogP contribution < -0.4 is 0 Å². The number of aryl methyl sites for hydroxylation is 1. The van der Waals surface area contributed by atoms with Crippen molar-refractivity contribution in [2.75, 3.05) is 5.75 Å². The Kier molecular flexibility index (Phi) is 3.88. The second-order valence-electron chi connectivity index (χ2n) is 3.56. The minimum absolute atomic E-state index is 0.00770. The highest BCUT2D eigenvalue weighted by molar-refractivity contribution is 7.99. The number of hydrogen-bond acceptors (Lipinski definition) is 5. The lowest BCUT2D eigenvalue weighted by Gasteiger charge is -2.04. The van der Waals surface area contributed by atoms with Crippen molar-refractivity contribution in [3.05, 3.63) is 36.4 Å². The molecule has 6 heteroatoms. The van der Waals surface area contributed by atoms with Gasteiger partial charge in [0.15, 0.2) is 0 Å². The molecule has 0 aliphatic heterocycles. The molecular weight excluding hydrogens is 250 g/mol. The average Bonchev–Trinajstić information content (AvgIpc) is 2.37. The van der Waals surface area contributed by atoms with Crippen molar-refractivity contribution >= 4 is 17.7 Å². The van der Waals surface area contributed by atoms with E-state index in [9.17, 15) is 4.79 Å². The Morgan fingerprint density at radius 3 is 2.72 bits per heavy atom. The topological polar surface area (TPSA) is 76.0 Å². The van der Waals surface area contributed by atoms with E-state index in [0.29, 0.717) is 10.9 Å². The molecule has 0 aliphatic carbocycles. The van der Waals surface area contributed by atoms with Crippen LogP contribution in [0.25, 0.3) is 11.3 Å². The maximum absolute atomic E-state index is 10.5. The van der Waals surface area contributed by atoms with Gasteiger partial charge in [0.25, 0.3) is 0 Å². The summed E-state index contributed by atoms with van der Waals surface area (Å²) in [7, 11) is 0. The van der Waals surface area contributed by atoms with E-state index in [1.807, 2.05) is 12.1 Å². The number of aliphatic carboxylic acids is 1. The minimum Gasteiger partial charge on any atom is -0.481 e. The fraction of sp³-hybridized carbons (Fsp3) is 0.167. The first-order valence-corrected chi connectivity index (χ1v) is 6.24. The first kappa shape index (κ1) is 12.5. The lowest BCUT2D eigenvalue weighted by molar-refractivity contribution is -0.133.